The molecule has 1 saturated carbocycles. The van der Waals surface area contributed by atoms with Crippen molar-refractivity contribution < 1.29 is 5.11 Å². The minimum Gasteiger partial charge on any atom is -0.395 e. The van der Waals surface area contributed by atoms with Gasteiger partial charge in [-0.05, 0) is 18.8 Å². The van der Waals surface area contributed by atoms with Gasteiger partial charge in [-0.25, -0.2) is 4.79 Å². The Hall–Kier alpha value is -1.76. The van der Waals surface area contributed by atoms with Crippen LogP contribution in [0.25, 0.3) is 0 Å². The van der Waals surface area contributed by atoms with E-state index in [1.165, 1.54) is 4.57 Å². The molecule has 0 unspecified atom stereocenters. The van der Waals surface area contributed by atoms with Crippen molar-refractivity contribution in [2.24, 2.45) is 5.92 Å². The number of hydrogen-bond acceptors (Lipinski definition) is 5. The number of H-pyrrole nitrogens is 1. The molecule has 0 amide bonds. The number of aromatic nitrogens is 2. The molecule has 1 aromatic heterocycles. The number of nitrogen functional groups attached to an aromatic ring is 1. The maximum absolute atomic E-state index is 12.1. The van der Waals surface area contributed by atoms with Crippen LogP contribution in [0.1, 0.15) is 26.7 Å². The number of rotatable bonds is 6. The monoisotopic (exact) mass is 282 g/mol. The number of hydrogen-bond donors (Lipinski definition) is 3. The molecule has 0 aliphatic heterocycles. The van der Waals surface area contributed by atoms with Crippen molar-refractivity contribution >= 4 is 11.5 Å². The van der Waals surface area contributed by atoms with Crippen LogP contribution in [0.5, 0.6) is 0 Å². The lowest BCUT2D eigenvalue weighted by Gasteiger charge is -2.25. The zero-order valence-electron chi connectivity index (χ0n) is 11.9. The van der Waals surface area contributed by atoms with E-state index >= 15 is 0 Å². The van der Waals surface area contributed by atoms with Gasteiger partial charge >= 0.3 is 5.69 Å². The summed E-state index contributed by atoms with van der Waals surface area (Å²) in [5.74, 6) is 0.425. The van der Waals surface area contributed by atoms with Crippen LogP contribution in [-0.2, 0) is 6.54 Å². The van der Waals surface area contributed by atoms with Crippen LogP contribution in [0, 0.1) is 5.92 Å². The molecule has 0 atom stereocenters. The molecule has 0 spiro atoms. The number of anilines is 2. The topological polar surface area (TPSA) is 104 Å². The quantitative estimate of drug-likeness (QED) is 0.666. The van der Waals surface area contributed by atoms with Gasteiger partial charge in [-0.3, -0.25) is 14.3 Å². The summed E-state index contributed by atoms with van der Waals surface area (Å²) in [6.45, 7) is 4.69. The largest absolute Gasteiger partial charge is 0.395 e. The molecule has 7 heteroatoms. The van der Waals surface area contributed by atoms with Crippen LogP contribution in [0.4, 0.5) is 11.5 Å². The van der Waals surface area contributed by atoms with Crippen LogP contribution >= 0.6 is 0 Å². The van der Waals surface area contributed by atoms with Gasteiger partial charge in [0.25, 0.3) is 5.56 Å². The van der Waals surface area contributed by atoms with Crippen molar-refractivity contribution in [3.63, 3.8) is 0 Å². The second kappa shape index (κ2) is 5.70. The van der Waals surface area contributed by atoms with Gasteiger partial charge in [0.05, 0.1) is 6.61 Å². The van der Waals surface area contributed by atoms with E-state index in [0.717, 1.165) is 12.8 Å². The Morgan fingerprint density at radius 2 is 2.10 bits per heavy atom. The maximum atomic E-state index is 12.1. The standard InChI is InChI=1S/C13H22N4O3/c1-8(2)7-17-11(14)10(12(19)15-13(17)20)16(5-6-18)9-3-4-9/h8-9,18H,3-7,14H2,1-2H3,(H,15,19,20). The minimum absolute atomic E-state index is 0.0569. The highest BCUT2D eigenvalue weighted by Crippen LogP contribution is 2.31. The molecule has 112 valence electrons. The molecule has 1 heterocycles. The van der Waals surface area contributed by atoms with Gasteiger partial charge in [-0.1, -0.05) is 13.8 Å². The van der Waals surface area contributed by atoms with Crippen molar-refractivity contribution in [3.05, 3.63) is 20.8 Å². The molecule has 0 bridgehead atoms. The van der Waals surface area contributed by atoms with E-state index < -0.39 is 11.2 Å². The van der Waals surface area contributed by atoms with E-state index in [9.17, 15) is 9.59 Å². The van der Waals surface area contributed by atoms with Gasteiger partial charge in [-0.15, -0.1) is 0 Å². The molecule has 20 heavy (non-hydrogen) atoms. The van der Waals surface area contributed by atoms with E-state index in [-0.39, 0.29) is 24.4 Å². The summed E-state index contributed by atoms with van der Waals surface area (Å²) in [4.78, 5) is 28.1. The fourth-order valence-corrected chi connectivity index (χ4v) is 2.37. The SMILES string of the molecule is CC(C)Cn1c(N)c(N(CCO)C2CC2)c(=O)[nH]c1=O. The minimum atomic E-state index is -0.482. The predicted molar refractivity (Wildman–Crippen MR) is 78.0 cm³/mol. The molecule has 7 nitrogen and oxygen atoms in total. The van der Waals surface area contributed by atoms with Gasteiger partial charge in [0.2, 0.25) is 0 Å². The maximum Gasteiger partial charge on any atom is 0.330 e. The van der Waals surface area contributed by atoms with Gasteiger partial charge in [0.15, 0.2) is 0 Å². The van der Waals surface area contributed by atoms with E-state index in [1.54, 1.807) is 0 Å². The Morgan fingerprint density at radius 1 is 1.45 bits per heavy atom. The van der Waals surface area contributed by atoms with E-state index in [2.05, 4.69) is 4.98 Å². The predicted octanol–water partition coefficient (Wildman–Crippen LogP) is -0.264. The van der Waals surface area contributed by atoms with E-state index in [0.29, 0.717) is 18.8 Å². The van der Waals surface area contributed by atoms with Gasteiger partial charge < -0.3 is 15.7 Å². The number of aliphatic hydroxyl groups is 1. The third-order valence-corrected chi connectivity index (χ3v) is 3.38. The van der Waals surface area contributed by atoms with Crippen LogP contribution < -0.4 is 21.9 Å². The fraction of sp³-hybridized carbons (Fsp3) is 0.692. The van der Waals surface area contributed by atoms with Crippen molar-refractivity contribution in [1.82, 2.24) is 9.55 Å². The number of nitrogens with two attached hydrogens (primary N) is 1. The molecule has 0 aromatic carbocycles. The van der Waals surface area contributed by atoms with Crippen molar-refractivity contribution in [2.75, 3.05) is 23.8 Å². The zero-order valence-corrected chi connectivity index (χ0v) is 11.9. The molecule has 2 rings (SSSR count). The summed E-state index contributed by atoms with van der Waals surface area (Å²) in [7, 11) is 0. The van der Waals surface area contributed by atoms with Crippen LogP contribution in [-0.4, -0.2) is 33.9 Å². The van der Waals surface area contributed by atoms with Gasteiger partial charge in [-0.2, -0.15) is 0 Å². The number of aliphatic hydroxyl groups excluding tert-OH is 1. The second-order valence-electron chi connectivity index (χ2n) is 5.65. The number of nitrogens with one attached hydrogen (secondary N) is 1. The molecule has 1 aromatic rings. The van der Waals surface area contributed by atoms with Gasteiger partial charge in [0, 0.05) is 19.1 Å². The first kappa shape index (κ1) is 14.6. The average molecular weight is 282 g/mol. The first-order valence-electron chi connectivity index (χ1n) is 6.95. The van der Waals surface area contributed by atoms with Crippen molar-refractivity contribution in [3.8, 4) is 0 Å². The van der Waals surface area contributed by atoms with Crippen LogP contribution in [0.2, 0.25) is 0 Å². The highest BCUT2D eigenvalue weighted by Gasteiger charge is 2.32. The lowest BCUT2D eigenvalue weighted by atomic mass is 10.2. The molecule has 1 aliphatic rings. The Kier molecular flexibility index (Phi) is 4.17. The smallest absolute Gasteiger partial charge is 0.330 e. The summed E-state index contributed by atoms with van der Waals surface area (Å²) in [5, 5.41) is 9.16. The molecule has 1 fully saturated rings. The van der Waals surface area contributed by atoms with Gasteiger partial charge in [0.1, 0.15) is 11.5 Å². The summed E-state index contributed by atoms with van der Waals surface area (Å²) in [6.07, 6.45) is 1.95. The highest BCUT2D eigenvalue weighted by atomic mass is 16.3. The summed E-state index contributed by atoms with van der Waals surface area (Å²) >= 11 is 0. The summed E-state index contributed by atoms with van der Waals surface area (Å²) in [5.41, 5.74) is 5.40. The van der Waals surface area contributed by atoms with E-state index in [1.807, 2.05) is 18.7 Å². The molecular weight excluding hydrogens is 260 g/mol. The summed E-state index contributed by atoms with van der Waals surface area (Å²) < 4.78 is 1.40. The first-order valence-corrected chi connectivity index (χ1v) is 6.95. The molecule has 1 aliphatic carbocycles. The third-order valence-electron chi connectivity index (χ3n) is 3.38. The molecular formula is C13H22N4O3. The second-order valence-corrected chi connectivity index (χ2v) is 5.65. The Morgan fingerprint density at radius 3 is 2.60 bits per heavy atom. The Bertz CT molecular complexity index is 586. The number of nitrogens with zero attached hydrogens (tertiary/aromatic N) is 2. The highest BCUT2D eigenvalue weighted by molar-refractivity contribution is 5.63. The zero-order chi connectivity index (χ0) is 14.9. The fourth-order valence-electron chi connectivity index (χ4n) is 2.37. The molecule has 4 N–H and O–H groups in total. The molecule has 0 saturated heterocycles. The lowest BCUT2D eigenvalue weighted by molar-refractivity contribution is 0.301. The van der Waals surface area contributed by atoms with Crippen LogP contribution in [0.3, 0.4) is 0 Å². The Labute approximate surface area is 117 Å². The van der Waals surface area contributed by atoms with Crippen molar-refractivity contribution in [1.29, 1.82) is 0 Å². The normalized spacial score (nSPS) is 14.8. The average Bonchev–Trinajstić information content (AvgIpc) is 3.17. The molecule has 0 radical (unpaired) electrons. The first-order chi connectivity index (χ1) is 9.45. The van der Waals surface area contributed by atoms with E-state index in [4.69, 9.17) is 10.8 Å². The van der Waals surface area contributed by atoms with Crippen molar-refractivity contribution in [2.45, 2.75) is 39.3 Å². The third kappa shape index (κ3) is 2.87. The van der Waals surface area contributed by atoms with Crippen LogP contribution in [0.15, 0.2) is 9.59 Å². The lowest BCUT2D eigenvalue weighted by Crippen LogP contribution is -2.40. The summed E-state index contributed by atoms with van der Waals surface area (Å²) in [6, 6.07) is 0.232. The Balaban J connectivity index is 2.51. The number of aromatic amines is 1.